The van der Waals surface area contributed by atoms with E-state index >= 15 is 0 Å². The lowest BCUT2D eigenvalue weighted by molar-refractivity contribution is -0.121. The van der Waals surface area contributed by atoms with Crippen LogP contribution in [-0.4, -0.2) is 23.7 Å². The summed E-state index contributed by atoms with van der Waals surface area (Å²) >= 11 is 0. The maximum Gasteiger partial charge on any atom is 0.387 e. The number of carbonyl (C=O) groups is 1. The molecule has 2 atom stereocenters. The molecular weight excluding hydrogens is 316 g/mol. The average molecular weight is 333 g/mol. The van der Waals surface area contributed by atoms with Crippen LogP contribution in [0.4, 0.5) is 8.78 Å². The summed E-state index contributed by atoms with van der Waals surface area (Å²) in [7, 11) is 0. The fourth-order valence-electron chi connectivity index (χ4n) is 2.99. The molecule has 0 fully saturated rings. The van der Waals surface area contributed by atoms with Crippen molar-refractivity contribution in [1.29, 1.82) is 0 Å². The van der Waals surface area contributed by atoms with Crippen LogP contribution in [-0.2, 0) is 17.6 Å². The minimum Gasteiger partial charge on any atom is -0.435 e. The Kier molecular flexibility index (Phi) is 4.76. The first-order valence-electron chi connectivity index (χ1n) is 7.62. The molecule has 2 N–H and O–H groups in total. The number of aliphatic hydroxyl groups excluding tert-OH is 1. The van der Waals surface area contributed by atoms with Gasteiger partial charge >= 0.3 is 6.61 Å². The zero-order valence-electron chi connectivity index (χ0n) is 12.8. The molecule has 0 heterocycles. The van der Waals surface area contributed by atoms with Crippen molar-refractivity contribution < 1.29 is 23.4 Å². The Morgan fingerprint density at radius 1 is 1.25 bits per heavy atom. The largest absolute Gasteiger partial charge is 0.435 e. The molecule has 0 saturated heterocycles. The lowest BCUT2D eigenvalue weighted by Crippen LogP contribution is -2.34. The third-order valence-electron chi connectivity index (χ3n) is 4.01. The van der Waals surface area contributed by atoms with Gasteiger partial charge in [-0.05, 0) is 28.8 Å². The quantitative estimate of drug-likeness (QED) is 0.884. The van der Waals surface area contributed by atoms with Gasteiger partial charge in [0.05, 0.1) is 18.6 Å². The van der Waals surface area contributed by atoms with Crippen LogP contribution in [0.5, 0.6) is 5.75 Å². The van der Waals surface area contributed by atoms with Gasteiger partial charge in [-0.25, -0.2) is 0 Å². The molecule has 0 spiro atoms. The molecule has 0 bridgehead atoms. The predicted molar refractivity (Wildman–Crippen MR) is 83.8 cm³/mol. The second-order valence-corrected chi connectivity index (χ2v) is 5.72. The summed E-state index contributed by atoms with van der Waals surface area (Å²) in [4.78, 5) is 12.2. The van der Waals surface area contributed by atoms with Crippen LogP contribution in [0.3, 0.4) is 0 Å². The number of aliphatic hydroxyl groups is 1. The van der Waals surface area contributed by atoms with Gasteiger partial charge in [-0.15, -0.1) is 0 Å². The summed E-state index contributed by atoms with van der Waals surface area (Å²) in [5.74, 6) is -0.272. The molecular formula is C18H17F2NO3. The molecule has 126 valence electrons. The van der Waals surface area contributed by atoms with Crippen molar-refractivity contribution in [2.75, 3.05) is 0 Å². The van der Waals surface area contributed by atoms with Crippen LogP contribution in [0.25, 0.3) is 0 Å². The highest BCUT2D eigenvalue weighted by Gasteiger charge is 2.31. The minimum atomic E-state index is -2.90. The fourth-order valence-corrected chi connectivity index (χ4v) is 2.99. The van der Waals surface area contributed by atoms with E-state index in [1.165, 1.54) is 12.1 Å². The lowest BCUT2D eigenvalue weighted by atomic mass is 10.1. The smallest absolute Gasteiger partial charge is 0.387 e. The number of benzene rings is 2. The second-order valence-electron chi connectivity index (χ2n) is 5.72. The number of ether oxygens (including phenoxy) is 1. The number of alkyl halides is 2. The first-order valence-corrected chi connectivity index (χ1v) is 7.62. The third-order valence-corrected chi connectivity index (χ3v) is 4.01. The van der Waals surface area contributed by atoms with Crippen molar-refractivity contribution in [2.45, 2.75) is 31.6 Å². The summed E-state index contributed by atoms with van der Waals surface area (Å²) in [5.41, 5.74) is 2.49. The zero-order valence-corrected chi connectivity index (χ0v) is 12.8. The molecule has 2 aromatic rings. The minimum absolute atomic E-state index is 0.0153. The number of fused-ring (bicyclic) bond motifs is 1. The van der Waals surface area contributed by atoms with Crippen molar-refractivity contribution in [3.8, 4) is 5.75 Å². The summed E-state index contributed by atoms with van der Waals surface area (Å²) in [6.45, 7) is -2.90. The van der Waals surface area contributed by atoms with Crippen LogP contribution in [0.1, 0.15) is 22.7 Å². The summed E-state index contributed by atoms with van der Waals surface area (Å²) in [6, 6.07) is 13.1. The Morgan fingerprint density at radius 2 is 2.04 bits per heavy atom. The van der Waals surface area contributed by atoms with Gasteiger partial charge in [-0.2, -0.15) is 8.78 Å². The standard InChI is InChI=1S/C18H17F2NO3/c19-18(20)24-13-6-3-4-11(8-13)9-16(23)21-17-14-7-2-1-5-12(14)10-15(17)22/h1-8,15,17-18,22H,9-10H2,(H,21,23). The van der Waals surface area contributed by atoms with E-state index in [2.05, 4.69) is 10.1 Å². The normalized spacial score (nSPS) is 19.2. The first kappa shape index (κ1) is 16.4. The van der Waals surface area contributed by atoms with Gasteiger partial charge < -0.3 is 15.2 Å². The number of hydrogen-bond acceptors (Lipinski definition) is 3. The van der Waals surface area contributed by atoms with E-state index in [1.54, 1.807) is 12.1 Å². The van der Waals surface area contributed by atoms with E-state index in [9.17, 15) is 18.7 Å². The summed E-state index contributed by atoms with van der Waals surface area (Å²) < 4.78 is 28.8. The number of hydrogen-bond donors (Lipinski definition) is 2. The van der Waals surface area contributed by atoms with E-state index in [-0.39, 0.29) is 18.1 Å². The monoisotopic (exact) mass is 333 g/mol. The molecule has 4 nitrogen and oxygen atoms in total. The molecule has 1 aliphatic rings. The highest BCUT2D eigenvalue weighted by molar-refractivity contribution is 5.79. The van der Waals surface area contributed by atoms with Gasteiger partial charge in [0.25, 0.3) is 0 Å². The number of rotatable bonds is 5. The van der Waals surface area contributed by atoms with Crippen molar-refractivity contribution in [2.24, 2.45) is 0 Å². The molecule has 0 aromatic heterocycles. The number of nitrogens with one attached hydrogen (secondary N) is 1. The molecule has 24 heavy (non-hydrogen) atoms. The van der Waals surface area contributed by atoms with Crippen LogP contribution in [0.2, 0.25) is 0 Å². The Hall–Kier alpha value is -2.47. The third kappa shape index (κ3) is 3.71. The maximum absolute atomic E-state index is 12.2. The predicted octanol–water partition coefficient (Wildman–Crippen LogP) is 2.61. The highest BCUT2D eigenvalue weighted by Crippen LogP contribution is 2.31. The van der Waals surface area contributed by atoms with Crippen molar-refractivity contribution in [3.63, 3.8) is 0 Å². The van der Waals surface area contributed by atoms with E-state index in [0.29, 0.717) is 12.0 Å². The van der Waals surface area contributed by atoms with E-state index in [4.69, 9.17) is 0 Å². The van der Waals surface area contributed by atoms with E-state index in [1.807, 2.05) is 24.3 Å². The van der Waals surface area contributed by atoms with Gasteiger partial charge in [0.2, 0.25) is 5.91 Å². The molecule has 1 amide bonds. The molecule has 2 aromatic carbocycles. The van der Waals surface area contributed by atoms with Gasteiger partial charge in [-0.3, -0.25) is 4.79 Å². The highest BCUT2D eigenvalue weighted by atomic mass is 19.3. The van der Waals surface area contributed by atoms with Crippen molar-refractivity contribution in [3.05, 3.63) is 65.2 Å². The molecule has 6 heteroatoms. The van der Waals surface area contributed by atoms with E-state index in [0.717, 1.165) is 11.1 Å². The van der Waals surface area contributed by atoms with Gasteiger partial charge in [0, 0.05) is 6.42 Å². The number of carbonyl (C=O) groups excluding carboxylic acids is 1. The molecule has 2 unspecified atom stereocenters. The molecule has 1 aliphatic carbocycles. The molecule has 0 radical (unpaired) electrons. The van der Waals surface area contributed by atoms with Crippen LogP contribution < -0.4 is 10.1 Å². The fraction of sp³-hybridized carbons (Fsp3) is 0.278. The zero-order chi connectivity index (χ0) is 17.1. The summed E-state index contributed by atoms with van der Waals surface area (Å²) in [5, 5.41) is 13.0. The molecule has 0 saturated carbocycles. The SMILES string of the molecule is O=C(Cc1cccc(OC(F)F)c1)NC1c2ccccc2CC1O. The first-order chi connectivity index (χ1) is 11.5. The number of halogens is 2. The Balaban J connectivity index is 1.66. The summed E-state index contributed by atoms with van der Waals surface area (Å²) in [6.07, 6.45) is -0.148. The van der Waals surface area contributed by atoms with Gasteiger partial charge in [-0.1, -0.05) is 36.4 Å². The maximum atomic E-state index is 12.2. The van der Waals surface area contributed by atoms with Gasteiger partial charge in [0.1, 0.15) is 5.75 Å². The van der Waals surface area contributed by atoms with Crippen molar-refractivity contribution >= 4 is 5.91 Å². The van der Waals surface area contributed by atoms with Crippen LogP contribution in [0, 0.1) is 0 Å². The topological polar surface area (TPSA) is 58.6 Å². The Bertz CT molecular complexity index is 736. The van der Waals surface area contributed by atoms with Crippen LogP contribution in [0.15, 0.2) is 48.5 Å². The van der Waals surface area contributed by atoms with Gasteiger partial charge in [0.15, 0.2) is 0 Å². The Morgan fingerprint density at radius 3 is 2.83 bits per heavy atom. The Labute approximate surface area is 138 Å². The second kappa shape index (κ2) is 6.97. The van der Waals surface area contributed by atoms with Crippen molar-refractivity contribution in [1.82, 2.24) is 5.32 Å². The molecule has 3 rings (SSSR count). The lowest BCUT2D eigenvalue weighted by Gasteiger charge is -2.18. The van der Waals surface area contributed by atoms with Crippen LogP contribution >= 0.6 is 0 Å². The average Bonchev–Trinajstić information content (AvgIpc) is 2.83. The number of amides is 1. The van der Waals surface area contributed by atoms with E-state index < -0.39 is 18.8 Å². The molecule has 0 aliphatic heterocycles.